The number of fused-ring (bicyclic) bond motifs is 1. The maximum atomic E-state index is 12.1. The van der Waals surface area contributed by atoms with Gasteiger partial charge in [-0.25, -0.2) is 9.69 Å². The molecule has 0 radical (unpaired) electrons. The maximum Gasteiger partial charge on any atom is 0.332 e. The molecule has 2 aliphatic rings. The van der Waals surface area contributed by atoms with E-state index in [1.54, 1.807) is 31.2 Å². The molecule has 0 saturated carbocycles. The fourth-order valence-electron chi connectivity index (χ4n) is 2.69. The molecule has 2 saturated heterocycles. The summed E-state index contributed by atoms with van der Waals surface area (Å²) in [6.07, 6.45) is -1.27. The van der Waals surface area contributed by atoms with Crippen LogP contribution in [-0.2, 0) is 4.74 Å². The van der Waals surface area contributed by atoms with Gasteiger partial charge in [-0.1, -0.05) is 18.2 Å². The molecule has 96 valence electrons. The van der Waals surface area contributed by atoms with E-state index < -0.39 is 23.9 Å². The van der Waals surface area contributed by atoms with Gasteiger partial charge in [0.15, 0.2) is 5.66 Å². The largest absolute Gasteiger partial charge is 0.364 e. The Balaban J connectivity index is 2.04. The Morgan fingerprint density at radius 1 is 1.28 bits per heavy atom. The van der Waals surface area contributed by atoms with Crippen LogP contribution in [0.5, 0.6) is 0 Å². The fourth-order valence-corrected chi connectivity index (χ4v) is 2.69. The molecule has 18 heavy (non-hydrogen) atoms. The lowest BCUT2D eigenvalue weighted by atomic mass is 10.0. The predicted octanol–water partition coefficient (Wildman–Crippen LogP) is 0.659. The third kappa shape index (κ3) is 1.14. The van der Waals surface area contributed by atoms with Crippen LogP contribution in [0.15, 0.2) is 30.3 Å². The smallest absolute Gasteiger partial charge is 0.332 e. The number of ether oxygens (including phenoxy) is 1. The highest BCUT2D eigenvalue weighted by molar-refractivity contribution is 6.01. The summed E-state index contributed by atoms with van der Waals surface area (Å²) in [5.41, 5.74) is -0.427. The molecule has 2 amide bonds. The Labute approximate surface area is 104 Å². The third-order valence-electron chi connectivity index (χ3n) is 3.52. The number of benzene rings is 1. The van der Waals surface area contributed by atoms with E-state index in [9.17, 15) is 15.0 Å². The normalized spacial score (nSPS) is 38.7. The van der Waals surface area contributed by atoms with Gasteiger partial charge in [-0.15, -0.1) is 0 Å². The summed E-state index contributed by atoms with van der Waals surface area (Å²) in [6, 6.07) is 8.57. The molecule has 3 rings (SSSR count). The summed E-state index contributed by atoms with van der Waals surface area (Å²) in [4.78, 5) is 14.7. The van der Waals surface area contributed by atoms with Crippen molar-refractivity contribution >= 4 is 11.7 Å². The Hall–Kier alpha value is -1.63. The lowest BCUT2D eigenvalue weighted by molar-refractivity contribution is -0.257. The van der Waals surface area contributed by atoms with Crippen LogP contribution in [0.2, 0.25) is 0 Å². The summed E-state index contributed by atoms with van der Waals surface area (Å²) >= 11 is 0. The Kier molecular flexibility index (Phi) is 2.05. The number of carbonyl (C=O) groups excluding carboxylic acids is 1. The van der Waals surface area contributed by atoms with Crippen LogP contribution >= 0.6 is 0 Å². The van der Waals surface area contributed by atoms with Crippen LogP contribution in [-0.4, -0.2) is 39.0 Å². The average molecular weight is 250 g/mol. The number of amides is 2. The summed E-state index contributed by atoms with van der Waals surface area (Å²) in [6.45, 7) is 2.98. The van der Waals surface area contributed by atoms with Crippen LogP contribution in [0.1, 0.15) is 13.8 Å². The fraction of sp³-hybridized carbons (Fsp3) is 0.417. The van der Waals surface area contributed by atoms with Crippen molar-refractivity contribution in [2.45, 2.75) is 31.7 Å². The molecule has 6 heteroatoms. The van der Waals surface area contributed by atoms with E-state index in [0.29, 0.717) is 5.69 Å². The zero-order valence-electron chi connectivity index (χ0n) is 10.1. The number of hydrogen-bond donors (Lipinski definition) is 2. The molecule has 1 aromatic rings. The van der Waals surface area contributed by atoms with Gasteiger partial charge in [0.1, 0.15) is 0 Å². The lowest BCUT2D eigenvalue weighted by Crippen LogP contribution is -2.79. The molecular formula is C12H14N2O4. The monoisotopic (exact) mass is 250 g/mol. The van der Waals surface area contributed by atoms with Crippen LogP contribution in [0.25, 0.3) is 0 Å². The molecule has 0 aliphatic carbocycles. The van der Waals surface area contributed by atoms with Crippen molar-refractivity contribution < 1.29 is 19.7 Å². The topological polar surface area (TPSA) is 73.2 Å². The van der Waals surface area contributed by atoms with E-state index in [4.69, 9.17) is 4.74 Å². The first kappa shape index (κ1) is 11.5. The third-order valence-corrected chi connectivity index (χ3v) is 3.52. The quantitative estimate of drug-likeness (QED) is 0.768. The molecule has 1 aromatic carbocycles. The van der Waals surface area contributed by atoms with Crippen molar-refractivity contribution in [3.63, 3.8) is 0 Å². The molecule has 2 aliphatic heterocycles. The van der Waals surface area contributed by atoms with Crippen LogP contribution in [0, 0.1) is 0 Å². The van der Waals surface area contributed by atoms with E-state index in [2.05, 4.69) is 0 Å². The molecule has 0 aromatic heterocycles. The standard InChI is InChI=1S/C12H14N2O4/c1-11-9(15)18-12(2,17)14(11)10(16)13(11)8-6-4-3-5-7-8/h3-7,9,15,17H,1-2H3. The van der Waals surface area contributed by atoms with E-state index in [1.807, 2.05) is 6.07 Å². The van der Waals surface area contributed by atoms with Gasteiger partial charge in [-0.3, -0.25) is 9.64 Å². The SMILES string of the molecule is CC1(O)OC(O)C2(C)N(c3ccccc3)C(=O)N12. The summed E-state index contributed by atoms with van der Waals surface area (Å²) < 4.78 is 5.04. The van der Waals surface area contributed by atoms with Crippen molar-refractivity contribution in [1.29, 1.82) is 0 Å². The molecule has 3 unspecified atom stereocenters. The first-order valence-electron chi connectivity index (χ1n) is 5.67. The molecule has 3 atom stereocenters. The van der Waals surface area contributed by atoms with E-state index in [-0.39, 0.29) is 0 Å². The Morgan fingerprint density at radius 3 is 2.50 bits per heavy atom. The van der Waals surface area contributed by atoms with Crippen molar-refractivity contribution in [2.24, 2.45) is 0 Å². The molecule has 2 fully saturated rings. The van der Waals surface area contributed by atoms with Crippen molar-refractivity contribution in [3.05, 3.63) is 30.3 Å². The minimum absolute atomic E-state index is 0.398. The lowest BCUT2D eigenvalue weighted by Gasteiger charge is -2.56. The van der Waals surface area contributed by atoms with E-state index in [0.717, 1.165) is 4.90 Å². The minimum Gasteiger partial charge on any atom is -0.364 e. The van der Waals surface area contributed by atoms with E-state index in [1.165, 1.54) is 11.8 Å². The number of nitrogens with zero attached hydrogens (tertiary/aromatic N) is 2. The van der Waals surface area contributed by atoms with Gasteiger partial charge in [0.2, 0.25) is 6.29 Å². The Bertz CT molecular complexity index is 504. The second kappa shape index (κ2) is 3.23. The predicted molar refractivity (Wildman–Crippen MR) is 62.3 cm³/mol. The Morgan fingerprint density at radius 2 is 1.89 bits per heavy atom. The van der Waals surface area contributed by atoms with Gasteiger partial charge in [-0.05, 0) is 19.1 Å². The second-order valence-electron chi connectivity index (χ2n) is 4.79. The van der Waals surface area contributed by atoms with Crippen LogP contribution in [0.4, 0.5) is 10.5 Å². The number of anilines is 1. The number of para-hydroxylation sites is 1. The van der Waals surface area contributed by atoms with Crippen LogP contribution < -0.4 is 4.90 Å². The van der Waals surface area contributed by atoms with E-state index >= 15 is 0 Å². The van der Waals surface area contributed by atoms with Gasteiger partial charge < -0.3 is 10.2 Å². The molecule has 0 bridgehead atoms. The highest BCUT2D eigenvalue weighted by atomic mass is 16.7. The zero-order chi connectivity index (χ0) is 13.1. The number of rotatable bonds is 1. The molecular weight excluding hydrogens is 236 g/mol. The number of urea groups is 1. The first-order valence-corrected chi connectivity index (χ1v) is 5.67. The molecule has 0 spiro atoms. The number of aliphatic hydroxyl groups is 2. The molecule has 6 nitrogen and oxygen atoms in total. The number of carbonyl (C=O) groups is 1. The second-order valence-corrected chi connectivity index (χ2v) is 4.79. The number of hydrogen-bond acceptors (Lipinski definition) is 4. The molecule has 2 N–H and O–H groups in total. The van der Waals surface area contributed by atoms with Gasteiger partial charge in [0.25, 0.3) is 5.91 Å². The zero-order valence-corrected chi connectivity index (χ0v) is 10.1. The van der Waals surface area contributed by atoms with Gasteiger partial charge in [-0.2, -0.15) is 0 Å². The molecule has 2 heterocycles. The van der Waals surface area contributed by atoms with Gasteiger partial charge >= 0.3 is 6.03 Å². The highest BCUT2D eigenvalue weighted by Gasteiger charge is 2.71. The van der Waals surface area contributed by atoms with Gasteiger partial charge in [0.05, 0.1) is 0 Å². The first-order chi connectivity index (χ1) is 8.39. The minimum atomic E-state index is -1.78. The number of aliphatic hydroxyl groups excluding tert-OH is 1. The average Bonchev–Trinajstić information content (AvgIpc) is 2.43. The van der Waals surface area contributed by atoms with Crippen LogP contribution in [0.3, 0.4) is 0 Å². The summed E-state index contributed by atoms with van der Waals surface area (Å²) in [5.74, 6) is -1.78. The summed E-state index contributed by atoms with van der Waals surface area (Å²) in [5, 5.41) is 19.9. The van der Waals surface area contributed by atoms with Gasteiger partial charge in [0, 0.05) is 12.6 Å². The maximum absolute atomic E-state index is 12.1. The summed E-state index contributed by atoms with van der Waals surface area (Å²) in [7, 11) is 0. The van der Waals surface area contributed by atoms with Crippen molar-refractivity contribution in [2.75, 3.05) is 4.90 Å². The highest BCUT2D eigenvalue weighted by Crippen LogP contribution is 2.49. The van der Waals surface area contributed by atoms with Crippen molar-refractivity contribution in [1.82, 2.24) is 4.90 Å². The van der Waals surface area contributed by atoms with Crippen molar-refractivity contribution in [3.8, 4) is 0 Å².